The molecule has 1 fully saturated rings. The molecule has 1 atom stereocenters. The third-order valence-corrected chi connectivity index (χ3v) is 3.12. The smallest absolute Gasteiger partial charge is 0.0589 e. The Morgan fingerprint density at radius 2 is 2.33 bits per heavy atom. The van der Waals surface area contributed by atoms with Crippen LogP contribution in [-0.4, -0.2) is 43.6 Å². The van der Waals surface area contributed by atoms with Crippen molar-refractivity contribution in [2.24, 2.45) is 5.92 Å². The normalized spacial score (nSPS) is 24.0. The van der Waals surface area contributed by atoms with E-state index in [1.165, 1.54) is 19.5 Å². The van der Waals surface area contributed by atoms with Gasteiger partial charge in [0, 0.05) is 25.5 Å². The molecule has 74 valence electrons. The topological polar surface area (TPSA) is 12.5 Å². The molecule has 1 saturated heterocycles. The van der Waals surface area contributed by atoms with Crippen LogP contribution < -0.4 is 0 Å². The second kappa shape index (κ2) is 7.30. The van der Waals surface area contributed by atoms with Crippen molar-refractivity contribution in [3.8, 4) is 0 Å². The van der Waals surface area contributed by atoms with Crippen LogP contribution in [0.4, 0.5) is 0 Å². The molecule has 1 aliphatic rings. The van der Waals surface area contributed by atoms with Crippen molar-refractivity contribution in [1.82, 2.24) is 4.90 Å². The van der Waals surface area contributed by atoms with E-state index in [1.807, 2.05) is 0 Å². The summed E-state index contributed by atoms with van der Waals surface area (Å²) in [6.45, 7) is 4.46. The van der Waals surface area contributed by atoms with Gasteiger partial charge in [0.25, 0.3) is 0 Å². The number of halogens is 2. The van der Waals surface area contributed by atoms with Crippen molar-refractivity contribution in [3.63, 3.8) is 0 Å². The van der Waals surface area contributed by atoms with Crippen LogP contribution in [0.2, 0.25) is 0 Å². The molecule has 0 saturated carbocycles. The zero-order valence-corrected chi connectivity index (χ0v) is 10.8. The van der Waals surface area contributed by atoms with Gasteiger partial charge in [-0.25, -0.2) is 0 Å². The highest BCUT2D eigenvalue weighted by Crippen LogP contribution is 2.17. The van der Waals surface area contributed by atoms with E-state index >= 15 is 0 Å². The van der Waals surface area contributed by atoms with Crippen molar-refractivity contribution in [2.75, 3.05) is 38.7 Å². The van der Waals surface area contributed by atoms with Crippen molar-refractivity contribution < 1.29 is 4.74 Å². The third-order valence-electron chi connectivity index (χ3n) is 2.20. The van der Waals surface area contributed by atoms with Gasteiger partial charge in [-0.3, -0.25) is 0 Å². The summed E-state index contributed by atoms with van der Waals surface area (Å²) in [4.78, 5) is 2.47. The monoisotopic (exact) mass is 301 g/mol. The van der Waals surface area contributed by atoms with Crippen LogP contribution in [0.5, 0.6) is 0 Å². The minimum atomic E-state index is 0. The molecule has 1 aliphatic heterocycles. The first-order valence-electron chi connectivity index (χ1n) is 4.14. The Morgan fingerprint density at radius 3 is 2.83 bits per heavy atom. The molecular formula is C8H17Br2NO. The predicted octanol–water partition coefficient (Wildman–Crippen LogP) is 1.93. The van der Waals surface area contributed by atoms with E-state index in [9.17, 15) is 0 Å². The molecule has 0 aromatic rings. The minimum Gasteiger partial charge on any atom is -0.383 e. The molecule has 0 radical (unpaired) electrons. The van der Waals surface area contributed by atoms with E-state index in [0.29, 0.717) is 0 Å². The Balaban J connectivity index is 0.00000121. The SMILES string of the molecule is Br.COCCN1CCC(CBr)C1. The van der Waals surface area contributed by atoms with Gasteiger partial charge < -0.3 is 9.64 Å². The molecule has 4 heteroatoms. The predicted molar refractivity (Wildman–Crippen MR) is 60.5 cm³/mol. The zero-order valence-electron chi connectivity index (χ0n) is 7.46. The fraction of sp³-hybridized carbons (Fsp3) is 1.00. The van der Waals surface area contributed by atoms with Gasteiger partial charge in [-0.2, -0.15) is 0 Å². The van der Waals surface area contributed by atoms with Gasteiger partial charge in [0.1, 0.15) is 0 Å². The number of hydrogen-bond donors (Lipinski definition) is 0. The molecule has 2 nitrogen and oxygen atoms in total. The lowest BCUT2D eigenvalue weighted by Crippen LogP contribution is -2.25. The maximum atomic E-state index is 5.02. The first-order valence-corrected chi connectivity index (χ1v) is 5.26. The molecule has 0 spiro atoms. The van der Waals surface area contributed by atoms with Crippen LogP contribution in [0.15, 0.2) is 0 Å². The molecule has 0 aliphatic carbocycles. The van der Waals surface area contributed by atoms with E-state index < -0.39 is 0 Å². The van der Waals surface area contributed by atoms with Crippen molar-refractivity contribution in [1.29, 1.82) is 0 Å². The number of methoxy groups -OCH3 is 1. The molecular weight excluding hydrogens is 286 g/mol. The highest BCUT2D eigenvalue weighted by molar-refractivity contribution is 9.09. The summed E-state index contributed by atoms with van der Waals surface area (Å²) in [5, 5.41) is 1.15. The molecule has 0 N–H and O–H groups in total. The number of alkyl halides is 1. The molecule has 0 amide bonds. The molecule has 0 bridgehead atoms. The largest absolute Gasteiger partial charge is 0.383 e. The standard InChI is InChI=1S/C8H16BrNO.BrH/c1-11-5-4-10-3-2-8(6-9)7-10;/h8H,2-7H2,1H3;1H. The first-order chi connectivity index (χ1) is 5.36. The Labute approximate surface area is 93.5 Å². The highest BCUT2D eigenvalue weighted by atomic mass is 79.9. The fourth-order valence-corrected chi connectivity index (χ4v) is 1.99. The van der Waals surface area contributed by atoms with E-state index in [-0.39, 0.29) is 17.0 Å². The molecule has 1 rings (SSSR count). The average molecular weight is 303 g/mol. The van der Waals surface area contributed by atoms with Crippen LogP contribution in [0, 0.1) is 5.92 Å². The number of rotatable bonds is 4. The maximum absolute atomic E-state index is 5.02. The summed E-state index contributed by atoms with van der Waals surface area (Å²) in [5.41, 5.74) is 0. The van der Waals surface area contributed by atoms with Crippen LogP contribution in [0.25, 0.3) is 0 Å². The molecule has 0 aromatic heterocycles. The summed E-state index contributed by atoms with van der Waals surface area (Å²) < 4.78 is 5.02. The maximum Gasteiger partial charge on any atom is 0.0589 e. The van der Waals surface area contributed by atoms with Crippen molar-refractivity contribution in [2.45, 2.75) is 6.42 Å². The summed E-state index contributed by atoms with van der Waals surface area (Å²) >= 11 is 3.51. The van der Waals surface area contributed by atoms with E-state index in [4.69, 9.17) is 4.74 Å². The van der Waals surface area contributed by atoms with Gasteiger partial charge in [-0.15, -0.1) is 17.0 Å². The van der Waals surface area contributed by atoms with Crippen LogP contribution in [0.3, 0.4) is 0 Å². The van der Waals surface area contributed by atoms with Gasteiger partial charge >= 0.3 is 0 Å². The van der Waals surface area contributed by atoms with Gasteiger partial charge in [-0.05, 0) is 18.9 Å². The molecule has 1 heterocycles. The highest BCUT2D eigenvalue weighted by Gasteiger charge is 2.20. The summed E-state index contributed by atoms with van der Waals surface area (Å²) in [6.07, 6.45) is 1.34. The Kier molecular flexibility index (Phi) is 7.83. The Hall–Kier alpha value is 0.880. The minimum absolute atomic E-state index is 0. The lowest BCUT2D eigenvalue weighted by atomic mass is 10.2. The fourth-order valence-electron chi connectivity index (χ4n) is 1.46. The summed E-state index contributed by atoms with van der Waals surface area (Å²) in [5.74, 6) is 0.867. The lowest BCUT2D eigenvalue weighted by Gasteiger charge is -2.13. The Bertz CT molecular complexity index is 113. The van der Waals surface area contributed by atoms with E-state index in [2.05, 4.69) is 20.8 Å². The summed E-state index contributed by atoms with van der Waals surface area (Å²) in [7, 11) is 1.76. The summed E-state index contributed by atoms with van der Waals surface area (Å²) in [6, 6.07) is 0. The Morgan fingerprint density at radius 1 is 1.58 bits per heavy atom. The van der Waals surface area contributed by atoms with Gasteiger partial charge in [-0.1, -0.05) is 15.9 Å². The number of nitrogens with zero attached hydrogens (tertiary/aromatic N) is 1. The second-order valence-corrected chi connectivity index (χ2v) is 3.75. The van der Waals surface area contributed by atoms with Gasteiger partial charge in [0.05, 0.1) is 6.61 Å². The van der Waals surface area contributed by atoms with E-state index in [1.54, 1.807) is 7.11 Å². The van der Waals surface area contributed by atoms with Crippen LogP contribution in [0.1, 0.15) is 6.42 Å². The second-order valence-electron chi connectivity index (χ2n) is 3.10. The molecule has 1 unspecified atom stereocenters. The van der Waals surface area contributed by atoms with Crippen molar-refractivity contribution >= 4 is 32.9 Å². The first kappa shape index (κ1) is 12.9. The van der Waals surface area contributed by atoms with E-state index in [0.717, 1.165) is 24.4 Å². The lowest BCUT2D eigenvalue weighted by molar-refractivity contribution is 0.159. The average Bonchev–Trinajstić information content (AvgIpc) is 2.48. The third kappa shape index (κ3) is 4.21. The van der Waals surface area contributed by atoms with Crippen LogP contribution in [-0.2, 0) is 4.74 Å². The molecule has 0 aromatic carbocycles. The quantitative estimate of drug-likeness (QED) is 0.736. The number of ether oxygens (including phenoxy) is 1. The van der Waals surface area contributed by atoms with Gasteiger partial charge in [0.15, 0.2) is 0 Å². The number of likely N-dealkylation sites (tertiary alicyclic amines) is 1. The number of hydrogen-bond acceptors (Lipinski definition) is 2. The van der Waals surface area contributed by atoms with Gasteiger partial charge in [0.2, 0.25) is 0 Å². The molecule has 12 heavy (non-hydrogen) atoms. The van der Waals surface area contributed by atoms with Crippen molar-refractivity contribution in [3.05, 3.63) is 0 Å². The zero-order chi connectivity index (χ0) is 8.10. The van der Waals surface area contributed by atoms with Crippen LogP contribution >= 0.6 is 32.9 Å².